The first-order chi connectivity index (χ1) is 10.9. The van der Waals surface area contributed by atoms with E-state index in [2.05, 4.69) is 6.58 Å². The summed E-state index contributed by atoms with van der Waals surface area (Å²) in [7, 11) is 1.71. The average molecular weight is 311 g/mol. The fourth-order valence-electron chi connectivity index (χ4n) is 3.83. The second-order valence-electron chi connectivity index (χ2n) is 6.72. The minimum atomic E-state index is -1.18. The van der Waals surface area contributed by atoms with Gasteiger partial charge in [0.15, 0.2) is 5.78 Å². The monoisotopic (exact) mass is 311 g/mol. The van der Waals surface area contributed by atoms with Gasteiger partial charge in [0, 0.05) is 26.4 Å². The number of carbonyl (C=O) groups excluding carboxylic acids is 3. The average Bonchev–Trinajstić information content (AvgIpc) is 2.74. The number of rotatable bonds is 4. The van der Waals surface area contributed by atoms with E-state index < -0.39 is 5.41 Å². The summed E-state index contributed by atoms with van der Waals surface area (Å²) in [5, 5.41) is 0. The van der Waals surface area contributed by atoms with E-state index in [-0.39, 0.29) is 29.8 Å². The van der Waals surface area contributed by atoms with Gasteiger partial charge in [0.05, 0.1) is 0 Å². The van der Waals surface area contributed by atoms with Crippen LogP contribution in [0.4, 0.5) is 0 Å². The molecule has 0 saturated heterocycles. The highest BCUT2D eigenvalue weighted by Gasteiger charge is 2.59. The lowest BCUT2D eigenvalue weighted by Gasteiger charge is -2.32. The maximum Gasteiger partial charge on any atom is 0.236 e. The van der Waals surface area contributed by atoms with Crippen molar-refractivity contribution >= 4 is 17.5 Å². The van der Waals surface area contributed by atoms with Crippen molar-refractivity contribution < 1.29 is 14.4 Å². The van der Waals surface area contributed by atoms with Crippen molar-refractivity contribution in [2.45, 2.75) is 25.7 Å². The van der Waals surface area contributed by atoms with Gasteiger partial charge in [-0.25, -0.2) is 0 Å². The van der Waals surface area contributed by atoms with Gasteiger partial charge in [0.25, 0.3) is 0 Å². The highest BCUT2D eigenvalue weighted by molar-refractivity contribution is 6.19. The van der Waals surface area contributed by atoms with Crippen LogP contribution in [-0.4, -0.2) is 36.0 Å². The Morgan fingerprint density at radius 3 is 2.70 bits per heavy atom. The molecule has 23 heavy (non-hydrogen) atoms. The Morgan fingerprint density at radius 1 is 1.30 bits per heavy atom. The fraction of sp³-hybridized carbons (Fsp3) is 0.421. The van der Waals surface area contributed by atoms with Crippen molar-refractivity contribution in [2.75, 3.05) is 13.6 Å². The van der Waals surface area contributed by atoms with Gasteiger partial charge in [-0.3, -0.25) is 14.4 Å². The summed E-state index contributed by atoms with van der Waals surface area (Å²) in [5.41, 5.74) is 0.424. The van der Waals surface area contributed by atoms with E-state index in [1.165, 1.54) is 0 Å². The number of Topliss-reactive ketones (excluding diaryl/α,β-unsaturated/α-hetero) is 2. The Hall–Kier alpha value is -2.23. The number of hydrogen-bond acceptors (Lipinski definition) is 3. The maximum atomic E-state index is 12.9. The van der Waals surface area contributed by atoms with Gasteiger partial charge in [-0.15, -0.1) is 0 Å². The second kappa shape index (κ2) is 5.76. The number of fused-ring (bicyclic) bond motifs is 2. The molecule has 0 N–H and O–H groups in total. The normalized spacial score (nSPS) is 26.5. The van der Waals surface area contributed by atoms with E-state index in [1.54, 1.807) is 11.9 Å². The van der Waals surface area contributed by atoms with Crippen LogP contribution in [0.25, 0.3) is 0 Å². The molecule has 2 bridgehead atoms. The van der Waals surface area contributed by atoms with Crippen LogP contribution < -0.4 is 0 Å². The first-order valence-corrected chi connectivity index (χ1v) is 7.99. The third kappa shape index (κ3) is 2.62. The molecule has 1 aromatic rings. The summed E-state index contributed by atoms with van der Waals surface area (Å²) >= 11 is 0. The number of ketones is 2. The van der Waals surface area contributed by atoms with Crippen LogP contribution >= 0.6 is 0 Å². The van der Waals surface area contributed by atoms with Crippen LogP contribution in [0.5, 0.6) is 0 Å². The largest absolute Gasteiger partial charge is 0.345 e. The smallest absolute Gasteiger partial charge is 0.236 e. The van der Waals surface area contributed by atoms with E-state index in [9.17, 15) is 14.4 Å². The molecule has 4 nitrogen and oxygen atoms in total. The number of hydrogen-bond donors (Lipinski definition) is 0. The van der Waals surface area contributed by atoms with Crippen molar-refractivity contribution in [3.63, 3.8) is 0 Å². The van der Waals surface area contributed by atoms with Gasteiger partial charge >= 0.3 is 0 Å². The SMILES string of the molecule is C=C1C(=O)C2(C(=O)N(C)CCc3ccccc3)CC(=O)CC1C2. The van der Waals surface area contributed by atoms with Crippen LogP contribution in [0.3, 0.4) is 0 Å². The molecule has 0 radical (unpaired) electrons. The van der Waals surface area contributed by atoms with Gasteiger partial charge in [-0.1, -0.05) is 36.9 Å². The fourth-order valence-corrected chi connectivity index (χ4v) is 3.83. The summed E-state index contributed by atoms with van der Waals surface area (Å²) < 4.78 is 0. The highest BCUT2D eigenvalue weighted by Crippen LogP contribution is 2.50. The number of carbonyl (C=O) groups is 3. The highest BCUT2D eigenvalue weighted by atomic mass is 16.2. The molecule has 0 heterocycles. The lowest BCUT2D eigenvalue weighted by atomic mass is 9.73. The second-order valence-corrected chi connectivity index (χ2v) is 6.72. The Kier molecular flexibility index (Phi) is 3.92. The van der Waals surface area contributed by atoms with Crippen LogP contribution in [0.1, 0.15) is 24.8 Å². The van der Waals surface area contributed by atoms with E-state index in [4.69, 9.17) is 0 Å². The Balaban J connectivity index is 1.74. The molecule has 2 unspecified atom stereocenters. The van der Waals surface area contributed by atoms with E-state index >= 15 is 0 Å². The number of benzene rings is 1. The van der Waals surface area contributed by atoms with Crippen LogP contribution in [0, 0.1) is 11.3 Å². The maximum absolute atomic E-state index is 12.9. The van der Waals surface area contributed by atoms with Gasteiger partial charge in [0.2, 0.25) is 5.91 Å². The molecule has 2 aliphatic carbocycles. The first-order valence-electron chi connectivity index (χ1n) is 7.99. The predicted octanol–water partition coefficient (Wildman–Crippen LogP) is 2.18. The standard InChI is InChI=1S/C19H21NO3/c1-13-15-10-16(21)12-19(11-15,17(13)22)18(23)20(2)9-8-14-6-4-3-5-7-14/h3-7,15H,1,8-12H2,2H3. The van der Waals surface area contributed by atoms with Crippen LogP contribution in [-0.2, 0) is 20.8 Å². The molecule has 4 heteroatoms. The molecule has 2 aliphatic rings. The zero-order valence-corrected chi connectivity index (χ0v) is 13.4. The molecule has 2 atom stereocenters. The van der Waals surface area contributed by atoms with Crippen molar-refractivity contribution in [3.05, 3.63) is 48.0 Å². The molecule has 1 aromatic carbocycles. The van der Waals surface area contributed by atoms with E-state index in [1.807, 2.05) is 30.3 Å². The number of nitrogens with zero attached hydrogens (tertiary/aromatic N) is 1. The molecule has 120 valence electrons. The van der Waals surface area contributed by atoms with Crippen molar-refractivity contribution in [1.29, 1.82) is 0 Å². The van der Waals surface area contributed by atoms with Crippen molar-refractivity contribution in [3.8, 4) is 0 Å². The molecule has 0 spiro atoms. The molecule has 2 fully saturated rings. The third-order valence-corrected chi connectivity index (χ3v) is 5.12. The topological polar surface area (TPSA) is 54.5 Å². The molecular weight excluding hydrogens is 290 g/mol. The van der Waals surface area contributed by atoms with Gasteiger partial charge in [0.1, 0.15) is 11.2 Å². The quantitative estimate of drug-likeness (QED) is 0.632. The minimum absolute atomic E-state index is 0.00180. The molecule has 3 rings (SSSR count). The number of likely N-dealkylation sites (N-methyl/N-ethyl adjacent to an activating group) is 1. The third-order valence-electron chi connectivity index (χ3n) is 5.12. The Bertz CT molecular complexity index is 679. The zero-order chi connectivity index (χ0) is 16.6. The first kappa shape index (κ1) is 15.7. The molecule has 0 aliphatic heterocycles. The summed E-state index contributed by atoms with van der Waals surface area (Å²) in [6.45, 7) is 4.35. The van der Waals surface area contributed by atoms with E-state index in [0.717, 1.165) is 12.0 Å². The number of amides is 1. The molecule has 1 amide bonds. The van der Waals surface area contributed by atoms with Crippen LogP contribution in [0.2, 0.25) is 0 Å². The van der Waals surface area contributed by atoms with Gasteiger partial charge < -0.3 is 4.90 Å². The summed E-state index contributed by atoms with van der Waals surface area (Å²) in [6.07, 6.45) is 1.57. The Morgan fingerprint density at radius 2 is 2.00 bits per heavy atom. The van der Waals surface area contributed by atoms with Crippen molar-refractivity contribution in [1.82, 2.24) is 4.90 Å². The molecule has 2 saturated carbocycles. The summed E-state index contributed by atoms with van der Waals surface area (Å²) in [5.74, 6) is -0.590. The van der Waals surface area contributed by atoms with Crippen molar-refractivity contribution in [2.24, 2.45) is 11.3 Å². The summed E-state index contributed by atoms with van der Waals surface area (Å²) in [6, 6.07) is 9.90. The lowest BCUT2D eigenvalue weighted by molar-refractivity contribution is -0.150. The van der Waals surface area contributed by atoms with Crippen LogP contribution in [0.15, 0.2) is 42.5 Å². The summed E-state index contributed by atoms with van der Waals surface area (Å²) in [4.78, 5) is 39.0. The Labute approximate surface area is 136 Å². The van der Waals surface area contributed by atoms with Gasteiger partial charge in [-0.2, -0.15) is 0 Å². The number of allylic oxidation sites excluding steroid dienone is 1. The lowest BCUT2D eigenvalue weighted by Crippen LogP contribution is -2.47. The zero-order valence-electron chi connectivity index (χ0n) is 13.4. The molecular formula is C19H21NO3. The predicted molar refractivity (Wildman–Crippen MR) is 86.7 cm³/mol. The molecule has 0 aromatic heterocycles. The van der Waals surface area contributed by atoms with E-state index in [0.29, 0.717) is 25.0 Å². The van der Waals surface area contributed by atoms with Gasteiger partial charge in [-0.05, 0) is 29.9 Å². The minimum Gasteiger partial charge on any atom is -0.345 e.